The largest absolute Gasteiger partial charge is 0.417 e. The zero-order valence-electron chi connectivity index (χ0n) is 12.7. The molecule has 0 radical (unpaired) electrons. The number of rotatable bonds is 1. The quantitative estimate of drug-likeness (QED) is 0.552. The Labute approximate surface area is 134 Å². The van der Waals surface area contributed by atoms with E-state index in [0.29, 0.717) is 12.1 Å². The fourth-order valence-electron chi connectivity index (χ4n) is 2.77. The maximum absolute atomic E-state index is 13.4. The Morgan fingerprint density at radius 2 is 0.958 bits per heavy atom. The van der Waals surface area contributed by atoms with Gasteiger partial charge in [0.25, 0.3) is 0 Å². The van der Waals surface area contributed by atoms with Crippen LogP contribution in [0.15, 0.2) is 24.3 Å². The molecule has 2 aromatic carbocycles. The second-order valence-electron chi connectivity index (χ2n) is 5.52. The molecule has 0 heterocycles. The Bertz CT molecular complexity index is 732. The monoisotopic (exact) mass is 348 g/mol. The first kappa shape index (κ1) is 18.0. The number of alkyl halides is 6. The summed E-state index contributed by atoms with van der Waals surface area (Å²) in [6.45, 7) is 2.82. The topological polar surface area (TPSA) is 52.0 Å². The van der Waals surface area contributed by atoms with E-state index in [9.17, 15) is 26.3 Å². The molecule has 0 aromatic heterocycles. The van der Waals surface area contributed by atoms with Crippen molar-refractivity contribution >= 4 is 11.4 Å². The van der Waals surface area contributed by atoms with Crippen LogP contribution in [-0.4, -0.2) is 0 Å². The molecule has 0 aliphatic rings. The molecule has 0 amide bonds. The molecular weight excluding hydrogens is 334 g/mol. The summed E-state index contributed by atoms with van der Waals surface area (Å²) < 4.78 is 80.3. The van der Waals surface area contributed by atoms with Gasteiger partial charge in [0, 0.05) is 16.9 Å². The molecule has 24 heavy (non-hydrogen) atoms. The van der Waals surface area contributed by atoms with Crippen LogP contribution in [-0.2, 0) is 12.4 Å². The highest BCUT2D eigenvalue weighted by Gasteiger charge is 2.42. The van der Waals surface area contributed by atoms with Gasteiger partial charge in [-0.25, -0.2) is 0 Å². The first-order chi connectivity index (χ1) is 10.8. The van der Waals surface area contributed by atoms with Crippen molar-refractivity contribution in [3.05, 3.63) is 46.5 Å². The smallest absolute Gasteiger partial charge is 0.399 e. The summed E-state index contributed by atoms with van der Waals surface area (Å²) in [5.41, 5.74) is 7.04. The van der Waals surface area contributed by atoms with Crippen molar-refractivity contribution in [2.45, 2.75) is 26.2 Å². The minimum atomic E-state index is -5.00. The summed E-state index contributed by atoms with van der Waals surface area (Å²) in [5, 5.41) is 0. The van der Waals surface area contributed by atoms with Crippen molar-refractivity contribution in [3.63, 3.8) is 0 Å². The van der Waals surface area contributed by atoms with Crippen LogP contribution in [0.3, 0.4) is 0 Å². The molecule has 0 fully saturated rings. The normalized spacial score (nSPS) is 12.5. The van der Waals surface area contributed by atoms with E-state index in [2.05, 4.69) is 0 Å². The third-order valence-electron chi connectivity index (χ3n) is 3.58. The second kappa shape index (κ2) is 5.61. The van der Waals surface area contributed by atoms with E-state index in [-0.39, 0.29) is 22.4 Å². The number of hydrogen-bond donors (Lipinski definition) is 2. The highest BCUT2D eigenvalue weighted by atomic mass is 19.4. The van der Waals surface area contributed by atoms with Crippen molar-refractivity contribution in [1.82, 2.24) is 0 Å². The Morgan fingerprint density at radius 3 is 1.29 bits per heavy atom. The van der Waals surface area contributed by atoms with E-state index in [1.165, 1.54) is 26.0 Å². The van der Waals surface area contributed by atoms with Crippen LogP contribution >= 0.6 is 0 Å². The van der Waals surface area contributed by atoms with Gasteiger partial charge in [-0.1, -0.05) is 0 Å². The average molecular weight is 348 g/mol. The van der Waals surface area contributed by atoms with Crippen LogP contribution in [0, 0.1) is 13.8 Å². The lowest BCUT2D eigenvalue weighted by Crippen LogP contribution is -2.16. The molecule has 0 spiro atoms. The third-order valence-corrected chi connectivity index (χ3v) is 3.58. The lowest BCUT2D eigenvalue weighted by Gasteiger charge is -2.22. The molecular formula is C16H14F6N2. The van der Waals surface area contributed by atoms with Crippen molar-refractivity contribution < 1.29 is 26.3 Å². The van der Waals surface area contributed by atoms with Gasteiger partial charge < -0.3 is 11.5 Å². The van der Waals surface area contributed by atoms with Crippen LogP contribution in [0.1, 0.15) is 22.3 Å². The van der Waals surface area contributed by atoms with Crippen molar-refractivity contribution in [1.29, 1.82) is 0 Å². The van der Waals surface area contributed by atoms with Crippen molar-refractivity contribution in [3.8, 4) is 11.1 Å². The summed E-state index contributed by atoms with van der Waals surface area (Å²) in [7, 11) is 0. The van der Waals surface area contributed by atoms with E-state index in [4.69, 9.17) is 11.5 Å². The molecule has 0 saturated heterocycles. The Kier molecular flexibility index (Phi) is 4.20. The maximum Gasteiger partial charge on any atom is 0.417 e. The van der Waals surface area contributed by atoms with Gasteiger partial charge in [0.2, 0.25) is 0 Å². The fraction of sp³-hybridized carbons (Fsp3) is 0.250. The highest BCUT2D eigenvalue weighted by molar-refractivity contribution is 5.81. The molecule has 2 aromatic rings. The summed E-state index contributed by atoms with van der Waals surface area (Å²) >= 11 is 0. The molecule has 0 saturated carbocycles. The molecule has 4 N–H and O–H groups in total. The van der Waals surface area contributed by atoms with Crippen molar-refractivity contribution in [2.24, 2.45) is 0 Å². The molecule has 2 nitrogen and oxygen atoms in total. The van der Waals surface area contributed by atoms with Crippen LogP contribution < -0.4 is 11.5 Å². The van der Waals surface area contributed by atoms with Gasteiger partial charge >= 0.3 is 12.4 Å². The van der Waals surface area contributed by atoms with Crippen molar-refractivity contribution in [2.75, 3.05) is 11.5 Å². The summed E-state index contributed by atoms with van der Waals surface area (Å²) in [4.78, 5) is 0. The standard InChI is InChI=1S/C16H14F6N2/c1-7-3-9(23)4-8(2)13(7)14-11(15(17,18)19)5-10(24)6-12(14)16(20,21)22/h3-6H,23-24H2,1-2H3. The highest BCUT2D eigenvalue weighted by Crippen LogP contribution is 2.47. The Morgan fingerprint density at radius 1 is 0.625 bits per heavy atom. The summed E-state index contributed by atoms with van der Waals surface area (Å²) in [6.07, 6.45) is -9.99. The van der Waals surface area contributed by atoms with E-state index in [1.807, 2.05) is 0 Å². The van der Waals surface area contributed by atoms with Crippen LogP contribution in [0.4, 0.5) is 37.7 Å². The van der Waals surface area contributed by atoms with E-state index in [0.717, 1.165) is 0 Å². The molecule has 8 heteroatoms. The molecule has 130 valence electrons. The molecule has 0 aliphatic carbocycles. The Hall–Kier alpha value is -2.38. The number of anilines is 2. The zero-order valence-corrected chi connectivity index (χ0v) is 12.7. The number of benzene rings is 2. The molecule has 0 atom stereocenters. The molecule has 2 rings (SSSR count). The summed E-state index contributed by atoms with van der Waals surface area (Å²) in [6, 6.07) is 3.69. The predicted octanol–water partition coefficient (Wildman–Crippen LogP) is 5.17. The first-order valence-electron chi connectivity index (χ1n) is 6.77. The van der Waals surface area contributed by atoms with Gasteiger partial charge in [0.1, 0.15) is 0 Å². The first-order valence-corrected chi connectivity index (χ1v) is 6.77. The van der Waals surface area contributed by atoms with Gasteiger partial charge in [-0.3, -0.25) is 0 Å². The number of nitrogens with two attached hydrogens (primary N) is 2. The minimum Gasteiger partial charge on any atom is -0.399 e. The van der Waals surface area contributed by atoms with Gasteiger partial charge in [-0.05, 0) is 54.8 Å². The average Bonchev–Trinajstić information content (AvgIpc) is 2.36. The molecule has 0 aliphatic heterocycles. The lowest BCUT2D eigenvalue weighted by molar-refractivity contribution is -0.142. The van der Waals surface area contributed by atoms with Gasteiger partial charge in [-0.15, -0.1) is 0 Å². The molecule has 0 unspecified atom stereocenters. The Balaban J connectivity index is 3.01. The second-order valence-corrected chi connectivity index (χ2v) is 5.52. The third kappa shape index (κ3) is 3.27. The lowest BCUT2D eigenvalue weighted by atomic mass is 9.87. The number of nitrogen functional groups attached to an aromatic ring is 2. The van der Waals surface area contributed by atoms with Crippen LogP contribution in [0.25, 0.3) is 11.1 Å². The maximum atomic E-state index is 13.4. The number of hydrogen-bond acceptors (Lipinski definition) is 2. The van der Waals surface area contributed by atoms with E-state index < -0.39 is 34.7 Å². The SMILES string of the molecule is Cc1cc(N)cc(C)c1-c1c(C(F)(F)F)cc(N)cc1C(F)(F)F. The van der Waals surface area contributed by atoms with Gasteiger partial charge in [-0.2, -0.15) is 26.3 Å². The van der Waals surface area contributed by atoms with Crippen LogP contribution in [0.5, 0.6) is 0 Å². The van der Waals surface area contributed by atoms with E-state index >= 15 is 0 Å². The minimum absolute atomic E-state index is 0.149. The zero-order chi connectivity index (χ0) is 18.4. The summed E-state index contributed by atoms with van der Waals surface area (Å²) in [5.74, 6) is 0. The molecule has 0 bridgehead atoms. The van der Waals surface area contributed by atoms with Gasteiger partial charge in [0.05, 0.1) is 11.1 Å². The number of aryl methyl sites for hydroxylation is 2. The van der Waals surface area contributed by atoms with E-state index in [1.54, 1.807) is 0 Å². The fourth-order valence-corrected chi connectivity index (χ4v) is 2.77. The predicted molar refractivity (Wildman–Crippen MR) is 80.2 cm³/mol. The number of halogens is 6. The van der Waals surface area contributed by atoms with Gasteiger partial charge in [0.15, 0.2) is 0 Å². The van der Waals surface area contributed by atoms with Crippen LogP contribution in [0.2, 0.25) is 0 Å².